The van der Waals surface area contributed by atoms with Gasteiger partial charge in [-0.3, -0.25) is 14.2 Å². The summed E-state index contributed by atoms with van der Waals surface area (Å²) in [5, 5.41) is 3.57. The number of rotatable bonds is 3. The van der Waals surface area contributed by atoms with Crippen LogP contribution in [0.25, 0.3) is 0 Å². The first-order chi connectivity index (χ1) is 10.5. The van der Waals surface area contributed by atoms with Crippen molar-refractivity contribution in [3.05, 3.63) is 62.4 Å². The molecule has 0 fully saturated rings. The first-order valence-electron chi connectivity index (χ1n) is 6.44. The minimum Gasteiger partial charge on any atom is -0.461 e. The number of aromatic nitrogens is 3. The van der Waals surface area contributed by atoms with Crippen molar-refractivity contribution in [1.29, 1.82) is 0 Å². The van der Waals surface area contributed by atoms with Crippen LogP contribution in [-0.2, 0) is 11.8 Å². The zero-order chi connectivity index (χ0) is 16.3. The smallest absolute Gasteiger partial charge is 0.364 e. The predicted molar refractivity (Wildman–Crippen MR) is 75.9 cm³/mol. The topological polar surface area (TPSA) is 100 Å². The van der Waals surface area contributed by atoms with Gasteiger partial charge >= 0.3 is 11.7 Å². The van der Waals surface area contributed by atoms with Crippen molar-refractivity contribution in [2.24, 2.45) is 7.05 Å². The van der Waals surface area contributed by atoms with E-state index in [4.69, 9.17) is 4.74 Å². The summed E-state index contributed by atoms with van der Waals surface area (Å²) in [5.74, 6) is -1.73. The summed E-state index contributed by atoms with van der Waals surface area (Å²) in [7, 11) is 1.16. The Balaban J connectivity index is 2.62. The van der Waals surface area contributed by atoms with E-state index in [1.807, 2.05) is 0 Å². The van der Waals surface area contributed by atoms with E-state index in [1.165, 1.54) is 12.1 Å². The molecule has 8 heteroatoms. The van der Waals surface area contributed by atoms with Gasteiger partial charge < -0.3 is 4.74 Å². The van der Waals surface area contributed by atoms with Crippen LogP contribution in [0.15, 0.2) is 39.9 Å². The summed E-state index contributed by atoms with van der Waals surface area (Å²) in [5.41, 5.74) is -2.27. The fourth-order valence-electron chi connectivity index (χ4n) is 1.74. The molecule has 0 amide bonds. The molecule has 0 N–H and O–H groups in total. The molecule has 2 rings (SSSR count). The van der Waals surface area contributed by atoms with Gasteiger partial charge in [-0.05, 0) is 19.1 Å². The molecular weight excluding hydrogens is 290 g/mol. The van der Waals surface area contributed by atoms with Crippen LogP contribution in [0, 0.1) is 0 Å². The third kappa shape index (κ3) is 2.71. The standard InChI is InChI=1S/C14H13N3O5/c1-3-22-13(20)10-12(19)16(2)14(21)17(15-10)11(18)9-7-5-4-6-8-9/h4-8H,3H2,1-2H3. The Labute approximate surface area is 124 Å². The normalized spacial score (nSPS) is 10.3. The van der Waals surface area contributed by atoms with Gasteiger partial charge in [0.1, 0.15) is 0 Å². The molecule has 0 aliphatic heterocycles. The summed E-state index contributed by atoms with van der Waals surface area (Å²) >= 11 is 0. The quantitative estimate of drug-likeness (QED) is 0.728. The number of ether oxygens (including phenoxy) is 1. The van der Waals surface area contributed by atoms with Crippen molar-refractivity contribution in [1.82, 2.24) is 14.3 Å². The summed E-state index contributed by atoms with van der Waals surface area (Å²) in [6.45, 7) is 1.60. The van der Waals surface area contributed by atoms with Gasteiger partial charge in [0.2, 0.25) is 5.69 Å². The second kappa shape index (κ2) is 6.17. The third-order valence-electron chi connectivity index (χ3n) is 2.86. The van der Waals surface area contributed by atoms with Gasteiger partial charge in [-0.2, -0.15) is 0 Å². The van der Waals surface area contributed by atoms with Gasteiger partial charge in [0, 0.05) is 12.6 Å². The lowest BCUT2D eigenvalue weighted by atomic mass is 10.2. The molecular formula is C14H13N3O5. The molecule has 0 unspecified atom stereocenters. The highest BCUT2D eigenvalue weighted by Crippen LogP contribution is 2.00. The van der Waals surface area contributed by atoms with E-state index >= 15 is 0 Å². The third-order valence-corrected chi connectivity index (χ3v) is 2.86. The number of esters is 1. The molecule has 0 aliphatic rings. The SMILES string of the molecule is CCOC(=O)c1nn(C(=O)c2ccccc2)c(=O)n(C)c1=O. The number of carbonyl (C=O) groups is 2. The minimum atomic E-state index is -0.988. The van der Waals surface area contributed by atoms with Crippen LogP contribution < -0.4 is 11.2 Å². The van der Waals surface area contributed by atoms with Gasteiger partial charge in [-0.25, -0.2) is 9.59 Å². The largest absolute Gasteiger partial charge is 0.461 e. The molecule has 1 aromatic carbocycles. The van der Waals surface area contributed by atoms with Crippen LogP contribution in [-0.4, -0.2) is 32.8 Å². The molecule has 0 radical (unpaired) electrons. The fraction of sp³-hybridized carbons (Fsp3) is 0.214. The molecule has 0 atom stereocenters. The molecule has 8 nitrogen and oxygen atoms in total. The second-order valence-corrected chi connectivity index (χ2v) is 4.30. The van der Waals surface area contributed by atoms with Crippen LogP contribution in [0.3, 0.4) is 0 Å². The molecule has 1 aromatic heterocycles. The molecule has 0 saturated carbocycles. The lowest BCUT2D eigenvalue weighted by molar-refractivity contribution is 0.0512. The zero-order valence-electron chi connectivity index (χ0n) is 12.0. The van der Waals surface area contributed by atoms with E-state index in [1.54, 1.807) is 25.1 Å². The Kier molecular flexibility index (Phi) is 4.31. The van der Waals surface area contributed by atoms with Crippen LogP contribution in [0.4, 0.5) is 0 Å². The Morgan fingerprint density at radius 1 is 1.18 bits per heavy atom. The first-order valence-corrected chi connectivity index (χ1v) is 6.44. The second-order valence-electron chi connectivity index (χ2n) is 4.30. The van der Waals surface area contributed by atoms with E-state index in [2.05, 4.69) is 5.10 Å². The molecule has 2 aromatic rings. The molecule has 0 saturated heterocycles. The first kappa shape index (κ1) is 15.4. The average Bonchev–Trinajstić information content (AvgIpc) is 2.53. The predicted octanol–water partition coefficient (Wildman–Crippen LogP) is -0.193. The lowest BCUT2D eigenvalue weighted by Crippen LogP contribution is -2.45. The average molecular weight is 303 g/mol. The van der Waals surface area contributed by atoms with Gasteiger partial charge in [0.05, 0.1) is 6.61 Å². The van der Waals surface area contributed by atoms with Crippen molar-refractivity contribution in [3.63, 3.8) is 0 Å². The number of benzene rings is 1. The van der Waals surface area contributed by atoms with E-state index < -0.39 is 28.8 Å². The zero-order valence-corrected chi connectivity index (χ0v) is 12.0. The Hall–Kier alpha value is -3.03. The van der Waals surface area contributed by atoms with Crippen molar-refractivity contribution in [2.45, 2.75) is 6.92 Å². The minimum absolute atomic E-state index is 0.0371. The van der Waals surface area contributed by atoms with Gasteiger partial charge in [0.15, 0.2) is 0 Å². The molecule has 0 aliphatic carbocycles. The van der Waals surface area contributed by atoms with Crippen molar-refractivity contribution in [2.75, 3.05) is 6.61 Å². The summed E-state index contributed by atoms with van der Waals surface area (Å²) in [6.07, 6.45) is 0. The number of nitrogens with zero attached hydrogens (tertiary/aromatic N) is 3. The molecule has 114 valence electrons. The lowest BCUT2D eigenvalue weighted by Gasteiger charge is -2.07. The van der Waals surface area contributed by atoms with Crippen LogP contribution in [0.5, 0.6) is 0 Å². The summed E-state index contributed by atoms with van der Waals surface area (Å²) in [4.78, 5) is 47.9. The highest BCUT2D eigenvalue weighted by atomic mass is 16.5. The maximum Gasteiger partial charge on any atom is 0.364 e. The van der Waals surface area contributed by atoms with Gasteiger partial charge in [-0.1, -0.05) is 18.2 Å². The van der Waals surface area contributed by atoms with E-state index in [0.717, 1.165) is 7.05 Å². The molecule has 0 bridgehead atoms. The Morgan fingerprint density at radius 3 is 2.41 bits per heavy atom. The number of hydrogen-bond acceptors (Lipinski definition) is 6. The fourth-order valence-corrected chi connectivity index (χ4v) is 1.74. The summed E-state index contributed by atoms with van der Waals surface area (Å²) in [6, 6.07) is 7.92. The highest BCUT2D eigenvalue weighted by molar-refractivity contribution is 5.95. The highest BCUT2D eigenvalue weighted by Gasteiger charge is 2.22. The monoisotopic (exact) mass is 303 g/mol. The van der Waals surface area contributed by atoms with E-state index in [-0.39, 0.29) is 12.2 Å². The van der Waals surface area contributed by atoms with E-state index in [0.29, 0.717) is 9.25 Å². The van der Waals surface area contributed by atoms with Gasteiger partial charge in [-0.15, -0.1) is 9.78 Å². The maximum atomic E-state index is 12.3. The van der Waals surface area contributed by atoms with E-state index in [9.17, 15) is 19.2 Å². The Morgan fingerprint density at radius 2 is 1.82 bits per heavy atom. The molecule has 22 heavy (non-hydrogen) atoms. The molecule has 0 spiro atoms. The van der Waals surface area contributed by atoms with Crippen molar-refractivity contribution in [3.8, 4) is 0 Å². The number of hydrogen-bond donors (Lipinski definition) is 0. The number of carbonyl (C=O) groups excluding carboxylic acids is 2. The summed E-state index contributed by atoms with van der Waals surface area (Å²) < 4.78 is 5.82. The van der Waals surface area contributed by atoms with Crippen LogP contribution in [0.1, 0.15) is 27.8 Å². The van der Waals surface area contributed by atoms with Crippen LogP contribution >= 0.6 is 0 Å². The van der Waals surface area contributed by atoms with Crippen LogP contribution in [0.2, 0.25) is 0 Å². The Bertz CT molecular complexity index is 836. The maximum absolute atomic E-state index is 12.3. The van der Waals surface area contributed by atoms with Gasteiger partial charge in [0.25, 0.3) is 11.5 Å². The molecule has 1 heterocycles. The van der Waals surface area contributed by atoms with Crippen molar-refractivity contribution < 1.29 is 14.3 Å². The van der Waals surface area contributed by atoms with Crippen molar-refractivity contribution >= 4 is 11.9 Å².